The molecule has 2 N–H and O–H groups in total. The molecule has 0 saturated heterocycles. The SMILES string of the molecule is Cc1cccc2c(=O)[nH]c(CN[C@@H](C)c3ccc(-c4ccccc4)cc3)nc12. The Hall–Kier alpha value is -3.24. The highest BCUT2D eigenvalue weighted by Gasteiger charge is 2.09. The molecule has 1 aromatic heterocycles. The fourth-order valence-corrected chi connectivity index (χ4v) is 3.40. The van der Waals surface area contributed by atoms with Crippen LogP contribution in [-0.2, 0) is 6.54 Å². The zero-order chi connectivity index (χ0) is 19.5. The Morgan fingerprint density at radius 3 is 2.39 bits per heavy atom. The number of benzene rings is 3. The van der Waals surface area contributed by atoms with Crippen LogP contribution in [0.15, 0.2) is 77.6 Å². The van der Waals surface area contributed by atoms with Gasteiger partial charge in [0.1, 0.15) is 5.82 Å². The smallest absolute Gasteiger partial charge is 0.258 e. The van der Waals surface area contributed by atoms with E-state index >= 15 is 0 Å². The van der Waals surface area contributed by atoms with Crippen molar-refractivity contribution in [1.29, 1.82) is 0 Å². The van der Waals surface area contributed by atoms with E-state index in [1.54, 1.807) is 0 Å². The number of H-pyrrole nitrogens is 1. The Balaban J connectivity index is 1.49. The largest absolute Gasteiger partial charge is 0.309 e. The van der Waals surface area contributed by atoms with Gasteiger partial charge in [0.25, 0.3) is 5.56 Å². The molecule has 0 aliphatic heterocycles. The Morgan fingerprint density at radius 2 is 1.64 bits per heavy atom. The highest BCUT2D eigenvalue weighted by atomic mass is 16.1. The van der Waals surface area contributed by atoms with Crippen LogP contribution in [-0.4, -0.2) is 9.97 Å². The third-order valence-corrected chi connectivity index (χ3v) is 5.08. The van der Waals surface area contributed by atoms with Crippen molar-refractivity contribution in [2.24, 2.45) is 0 Å². The fourth-order valence-electron chi connectivity index (χ4n) is 3.40. The van der Waals surface area contributed by atoms with Crippen LogP contribution in [0.25, 0.3) is 22.0 Å². The number of rotatable bonds is 5. The van der Waals surface area contributed by atoms with Gasteiger partial charge in [0.2, 0.25) is 0 Å². The number of aromatic nitrogens is 2. The molecule has 0 amide bonds. The Morgan fingerprint density at radius 1 is 0.929 bits per heavy atom. The molecule has 0 saturated carbocycles. The van der Waals surface area contributed by atoms with Crippen molar-refractivity contribution < 1.29 is 0 Å². The van der Waals surface area contributed by atoms with E-state index in [2.05, 4.69) is 58.6 Å². The number of nitrogens with one attached hydrogen (secondary N) is 2. The predicted octanol–water partition coefficient (Wildman–Crippen LogP) is 4.75. The van der Waals surface area contributed by atoms with E-state index < -0.39 is 0 Å². The number of aryl methyl sites for hydroxylation is 1. The third-order valence-electron chi connectivity index (χ3n) is 5.08. The van der Waals surface area contributed by atoms with Gasteiger partial charge in [-0.3, -0.25) is 4.79 Å². The van der Waals surface area contributed by atoms with Crippen LogP contribution in [0.3, 0.4) is 0 Å². The van der Waals surface area contributed by atoms with Crippen molar-refractivity contribution in [3.63, 3.8) is 0 Å². The minimum absolute atomic E-state index is 0.0923. The summed E-state index contributed by atoms with van der Waals surface area (Å²) in [5, 5.41) is 4.09. The van der Waals surface area contributed by atoms with Gasteiger partial charge in [0.15, 0.2) is 0 Å². The van der Waals surface area contributed by atoms with Crippen molar-refractivity contribution in [1.82, 2.24) is 15.3 Å². The lowest BCUT2D eigenvalue weighted by Crippen LogP contribution is -2.22. The van der Waals surface area contributed by atoms with Gasteiger partial charge in [-0.1, -0.05) is 66.7 Å². The molecule has 0 bridgehead atoms. The average molecular weight is 369 g/mol. The van der Waals surface area contributed by atoms with Crippen LogP contribution in [0.1, 0.15) is 29.9 Å². The van der Waals surface area contributed by atoms with E-state index in [0.29, 0.717) is 17.8 Å². The molecular weight excluding hydrogens is 346 g/mol. The molecule has 1 heterocycles. The normalized spacial score (nSPS) is 12.2. The van der Waals surface area contributed by atoms with Gasteiger partial charge in [-0.25, -0.2) is 4.98 Å². The first kappa shape index (κ1) is 18.1. The van der Waals surface area contributed by atoms with Gasteiger partial charge >= 0.3 is 0 Å². The molecular formula is C24H23N3O. The predicted molar refractivity (Wildman–Crippen MR) is 114 cm³/mol. The highest BCUT2D eigenvalue weighted by Crippen LogP contribution is 2.22. The summed E-state index contributed by atoms with van der Waals surface area (Å²) in [5.41, 5.74) is 5.29. The molecule has 4 rings (SSSR count). The third kappa shape index (κ3) is 3.73. The summed E-state index contributed by atoms with van der Waals surface area (Å²) in [6.45, 7) is 4.59. The second kappa shape index (κ2) is 7.79. The minimum atomic E-state index is -0.0923. The van der Waals surface area contributed by atoms with Crippen LogP contribution in [0.4, 0.5) is 0 Å². The number of hydrogen-bond acceptors (Lipinski definition) is 3. The van der Waals surface area contributed by atoms with Crippen LogP contribution < -0.4 is 10.9 Å². The number of fused-ring (bicyclic) bond motifs is 1. The van der Waals surface area contributed by atoms with Gasteiger partial charge < -0.3 is 10.3 Å². The first-order valence-corrected chi connectivity index (χ1v) is 9.49. The number of hydrogen-bond donors (Lipinski definition) is 2. The second-order valence-corrected chi connectivity index (χ2v) is 7.07. The summed E-state index contributed by atoms with van der Waals surface area (Å²) in [6, 6.07) is 24.7. The lowest BCUT2D eigenvalue weighted by atomic mass is 10.0. The van der Waals surface area contributed by atoms with Crippen LogP contribution in [0, 0.1) is 6.92 Å². The monoisotopic (exact) mass is 369 g/mol. The molecule has 0 aliphatic carbocycles. The molecule has 4 heteroatoms. The lowest BCUT2D eigenvalue weighted by molar-refractivity contribution is 0.559. The van der Waals surface area contributed by atoms with E-state index in [9.17, 15) is 4.79 Å². The van der Waals surface area contributed by atoms with Crippen molar-refractivity contribution >= 4 is 10.9 Å². The van der Waals surface area contributed by atoms with Gasteiger partial charge in [-0.05, 0) is 42.2 Å². The highest BCUT2D eigenvalue weighted by molar-refractivity contribution is 5.80. The zero-order valence-electron chi connectivity index (χ0n) is 16.1. The Bertz CT molecular complexity index is 1150. The maximum atomic E-state index is 12.3. The van der Waals surface area contributed by atoms with E-state index in [1.807, 2.05) is 43.3 Å². The Labute approximate surface area is 164 Å². The molecule has 4 nitrogen and oxygen atoms in total. The molecule has 1 atom stereocenters. The number of nitrogens with zero attached hydrogens (tertiary/aromatic N) is 1. The molecule has 140 valence electrons. The summed E-state index contributed by atoms with van der Waals surface area (Å²) >= 11 is 0. The standard InChI is InChI=1S/C24H23N3O/c1-16-7-6-10-21-23(16)26-22(27-24(21)28)15-25-17(2)18-11-13-20(14-12-18)19-8-4-3-5-9-19/h3-14,17,25H,15H2,1-2H3,(H,26,27,28)/t17-/m0/s1. The minimum Gasteiger partial charge on any atom is -0.309 e. The van der Waals surface area contributed by atoms with E-state index in [4.69, 9.17) is 0 Å². The molecule has 0 spiro atoms. The van der Waals surface area contributed by atoms with Crippen LogP contribution in [0.5, 0.6) is 0 Å². The molecule has 0 fully saturated rings. The van der Waals surface area contributed by atoms with Crippen molar-refractivity contribution in [3.05, 3.63) is 100 Å². The first-order chi connectivity index (χ1) is 13.6. The topological polar surface area (TPSA) is 57.8 Å². The molecule has 0 radical (unpaired) electrons. The molecule has 0 aliphatic rings. The van der Waals surface area contributed by atoms with E-state index in [1.165, 1.54) is 16.7 Å². The Kier molecular flexibility index (Phi) is 5.04. The summed E-state index contributed by atoms with van der Waals surface area (Å²) in [6.07, 6.45) is 0. The van der Waals surface area contributed by atoms with Crippen LogP contribution in [0.2, 0.25) is 0 Å². The van der Waals surface area contributed by atoms with Gasteiger partial charge in [0.05, 0.1) is 17.4 Å². The molecule has 3 aromatic carbocycles. The fraction of sp³-hybridized carbons (Fsp3) is 0.167. The maximum absolute atomic E-state index is 12.3. The van der Waals surface area contributed by atoms with Gasteiger partial charge in [-0.2, -0.15) is 0 Å². The summed E-state index contributed by atoms with van der Waals surface area (Å²) < 4.78 is 0. The van der Waals surface area contributed by atoms with E-state index in [0.717, 1.165) is 11.1 Å². The molecule has 0 unspecified atom stereocenters. The maximum Gasteiger partial charge on any atom is 0.258 e. The van der Waals surface area contributed by atoms with Gasteiger partial charge in [0, 0.05) is 6.04 Å². The quantitative estimate of drug-likeness (QED) is 0.534. The first-order valence-electron chi connectivity index (χ1n) is 9.49. The number of aromatic amines is 1. The van der Waals surface area contributed by atoms with Gasteiger partial charge in [-0.15, -0.1) is 0 Å². The van der Waals surface area contributed by atoms with Crippen molar-refractivity contribution in [3.8, 4) is 11.1 Å². The number of para-hydroxylation sites is 1. The summed E-state index contributed by atoms with van der Waals surface area (Å²) in [5.74, 6) is 0.652. The van der Waals surface area contributed by atoms with Crippen molar-refractivity contribution in [2.45, 2.75) is 26.4 Å². The van der Waals surface area contributed by atoms with Crippen LogP contribution >= 0.6 is 0 Å². The molecule has 28 heavy (non-hydrogen) atoms. The summed E-state index contributed by atoms with van der Waals surface area (Å²) in [4.78, 5) is 19.8. The van der Waals surface area contributed by atoms with E-state index in [-0.39, 0.29) is 11.6 Å². The zero-order valence-corrected chi connectivity index (χ0v) is 16.1. The second-order valence-electron chi connectivity index (χ2n) is 7.07. The molecule has 4 aromatic rings. The lowest BCUT2D eigenvalue weighted by Gasteiger charge is -2.15. The van der Waals surface area contributed by atoms with Crippen molar-refractivity contribution in [2.75, 3.05) is 0 Å². The summed E-state index contributed by atoms with van der Waals surface area (Å²) in [7, 11) is 0. The average Bonchev–Trinajstić information content (AvgIpc) is 2.73.